The molecular weight excluding hydrogens is 312 g/mol. The van der Waals surface area contributed by atoms with Crippen LogP contribution in [0.2, 0.25) is 0 Å². The monoisotopic (exact) mass is 334 g/mol. The Bertz CT molecular complexity index is 742. The van der Waals surface area contributed by atoms with Gasteiger partial charge in [-0.25, -0.2) is 8.42 Å². The van der Waals surface area contributed by atoms with Gasteiger partial charge in [-0.05, 0) is 43.9 Å². The van der Waals surface area contributed by atoms with Gasteiger partial charge in [0, 0.05) is 25.5 Å². The number of nitrogens with zero attached hydrogens (tertiary/aromatic N) is 3. The number of hydrogen-bond acceptors (Lipinski definition) is 5. The van der Waals surface area contributed by atoms with Crippen molar-refractivity contribution in [1.29, 1.82) is 0 Å². The zero-order chi connectivity index (χ0) is 16.3. The number of rotatable bonds is 5. The molecule has 0 bridgehead atoms. The van der Waals surface area contributed by atoms with Gasteiger partial charge in [-0.15, -0.1) is 0 Å². The van der Waals surface area contributed by atoms with E-state index in [9.17, 15) is 8.42 Å². The number of aromatic amines is 1. The number of hydrogen-bond donors (Lipinski definition) is 1. The summed E-state index contributed by atoms with van der Waals surface area (Å²) in [5.41, 5.74) is 1.81. The van der Waals surface area contributed by atoms with Crippen LogP contribution in [0.1, 0.15) is 24.2 Å². The van der Waals surface area contributed by atoms with Gasteiger partial charge in [0.15, 0.2) is 9.84 Å². The molecule has 1 atom stereocenters. The SMILES string of the molecule is CS(=O)(=O)c1cn[nH]c1C[C@H]1CCCN(Cc2ccccn2)C1. The number of pyridine rings is 1. The predicted molar refractivity (Wildman–Crippen MR) is 87.6 cm³/mol. The summed E-state index contributed by atoms with van der Waals surface area (Å²) in [5, 5.41) is 6.78. The Kier molecular flexibility index (Phi) is 4.77. The molecule has 3 rings (SSSR count). The van der Waals surface area contributed by atoms with Crippen LogP contribution >= 0.6 is 0 Å². The van der Waals surface area contributed by atoms with Gasteiger partial charge in [-0.1, -0.05) is 6.07 Å². The van der Waals surface area contributed by atoms with Crippen LogP contribution in [-0.4, -0.2) is 47.8 Å². The number of aromatic nitrogens is 3. The van der Waals surface area contributed by atoms with Crippen LogP contribution in [0.25, 0.3) is 0 Å². The molecule has 0 aromatic carbocycles. The van der Waals surface area contributed by atoms with Crippen molar-refractivity contribution >= 4 is 9.84 Å². The molecule has 3 heterocycles. The second-order valence-corrected chi connectivity index (χ2v) is 8.24. The van der Waals surface area contributed by atoms with E-state index < -0.39 is 9.84 Å². The summed E-state index contributed by atoms with van der Waals surface area (Å²) in [4.78, 5) is 7.11. The predicted octanol–water partition coefficient (Wildman–Crippen LogP) is 1.66. The van der Waals surface area contributed by atoms with E-state index in [-0.39, 0.29) is 0 Å². The number of piperidine rings is 1. The highest BCUT2D eigenvalue weighted by molar-refractivity contribution is 7.90. The first-order valence-electron chi connectivity index (χ1n) is 7.87. The van der Waals surface area contributed by atoms with E-state index in [2.05, 4.69) is 20.1 Å². The van der Waals surface area contributed by atoms with Gasteiger partial charge in [0.05, 0.1) is 17.6 Å². The Morgan fingerprint density at radius 2 is 2.26 bits per heavy atom. The van der Waals surface area contributed by atoms with Crippen molar-refractivity contribution in [3.05, 3.63) is 42.0 Å². The first kappa shape index (κ1) is 16.1. The number of H-pyrrole nitrogens is 1. The number of likely N-dealkylation sites (tertiary alicyclic amines) is 1. The molecule has 2 aromatic rings. The fourth-order valence-electron chi connectivity index (χ4n) is 3.24. The average molecular weight is 334 g/mol. The van der Waals surface area contributed by atoms with Gasteiger partial charge < -0.3 is 0 Å². The summed E-state index contributed by atoms with van der Waals surface area (Å²) >= 11 is 0. The molecule has 1 fully saturated rings. The Labute approximate surface area is 136 Å². The van der Waals surface area contributed by atoms with Gasteiger partial charge >= 0.3 is 0 Å². The molecular formula is C16H22N4O2S. The van der Waals surface area contributed by atoms with Crippen LogP contribution in [0.3, 0.4) is 0 Å². The second-order valence-electron chi connectivity index (χ2n) is 6.25. The topological polar surface area (TPSA) is 79.0 Å². The molecule has 0 unspecified atom stereocenters. The Morgan fingerprint density at radius 3 is 3.00 bits per heavy atom. The van der Waals surface area contributed by atoms with Crippen LogP contribution in [-0.2, 0) is 22.8 Å². The molecule has 6 nitrogen and oxygen atoms in total. The molecule has 0 radical (unpaired) electrons. The van der Waals surface area contributed by atoms with E-state index in [1.54, 1.807) is 0 Å². The lowest BCUT2D eigenvalue weighted by molar-refractivity contribution is 0.164. The number of nitrogens with one attached hydrogen (secondary N) is 1. The summed E-state index contributed by atoms with van der Waals surface area (Å²) in [5.74, 6) is 0.438. The fraction of sp³-hybridized carbons (Fsp3) is 0.500. The van der Waals surface area contributed by atoms with E-state index in [0.717, 1.165) is 50.3 Å². The lowest BCUT2D eigenvalue weighted by Crippen LogP contribution is -2.36. The maximum Gasteiger partial charge on any atom is 0.178 e. The van der Waals surface area contributed by atoms with Crippen LogP contribution in [0, 0.1) is 5.92 Å². The normalized spacial score (nSPS) is 19.8. The molecule has 0 aliphatic carbocycles. The van der Waals surface area contributed by atoms with E-state index in [1.165, 1.54) is 12.5 Å². The van der Waals surface area contributed by atoms with Gasteiger partial charge in [0.1, 0.15) is 4.90 Å². The van der Waals surface area contributed by atoms with Crippen LogP contribution < -0.4 is 0 Å². The first-order chi connectivity index (χ1) is 11.0. The van der Waals surface area contributed by atoms with Gasteiger partial charge in [-0.2, -0.15) is 5.10 Å². The highest BCUT2D eigenvalue weighted by atomic mass is 32.2. The molecule has 0 saturated carbocycles. The standard InChI is InChI=1S/C16H22N4O2S/c1-23(21,22)16-10-18-19-15(16)9-13-5-4-8-20(11-13)12-14-6-2-3-7-17-14/h2-3,6-7,10,13H,4-5,8-9,11-12H2,1H3,(H,18,19)/t13-/m1/s1. The summed E-state index contributed by atoms with van der Waals surface area (Å²) in [6, 6.07) is 5.97. The van der Waals surface area contributed by atoms with Crippen LogP contribution in [0.4, 0.5) is 0 Å². The highest BCUT2D eigenvalue weighted by Crippen LogP contribution is 2.24. The third-order valence-corrected chi connectivity index (χ3v) is 5.44. The van der Waals surface area contributed by atoms with Crippen molar-refractivity contribution in [2.45, 2.75) is 30.7 Å². The lowest BCUT2D eigenvalue weighted by Gasteiger charge is -2.32. The maximum atomic E-state index is 11.8. The zero-order valence-corrected chi connectivity index (χ0v) is 14.1. The second kappa shape index (κ2) is 6.80. The third-order valence-electron chi connectivity index (χ3n) is 4.29. The molecule has 2 aromatic heterocycles. The van der Waals surface area contributed by atoms with E-state index >= 15 is 0 Å². The molecule has 1 aliphatic heterocycles. The van der Waals surface area contributed by atoms with Crippen molar-refractivity contribution in [3.8, 4) is 0 Å². The third kappa shape index (κ3) is 4.17. The summed E-state index contributed by atoms with van der Waals surface area (Å²) in [7, 11) is -3.22. The van der Waals surface area contributed by atoms with E-state index in [1.807, 2.05) is 24.4 Å². The van der Waals surface area contributed by atoms with Crippen molar-refractivity contribution < 1.29 is 8.42 Å². The molecule has 124 valence electrons. The molecule has 0 amide bonds. The maximum absolute atomic E-state index is 11.8. The zero-order valence-electron chi connectivity index (χ0n) is 13.3. The van der Waals surface area contributed by atoms with Crippen molar-refractivity contribution in [3.63, 3.8) is 0 Å². The van der Waals surface area contributed by atoms with Gasteiger partial charge in [0.25, 0.3) is 0 Å². The van der Waals surface area contributed by atoms with Gasteiger partial charge in [0.2, 0.25) is 0 Å². The minimum absolute atomic E-state index is 0.333. The largest absolute Gasteiger partial charge is 0.297 e. The molecule has 1 aliphatic rings. The first-order valence-corrected chi connectivity index (χ1v) is 9.76. The minimum Gasteiger partial charge on any atom is -0.297 e. The van der Waals surface area contributed by atoms with E-state index in [4.69, 9.17) is 0 Å². The Balaban J connectivity index is 1.64. The Morgan fingerprint density at radius 1 is 1.39 bits per heavy atom. The van der Waals surface area contributed by atoms with E-state index in [0.29, 0.717) is 10.8 Å². The summed E-state index contributed by atoms with van der Waals surface area (Å²) in [6.07, 6.45) is 7.43. The van der Waals surface area contributed by atoms with Crippen molar-refractivity contribution in [1.82, 2.24) is 20.1 Å². The van der Waals surface area contributed by atoms with Crippen LogP contribution in [0.15, 0.2) is 35.5 Å². The smallest absolute Gasteiger partial charge is 0.178 e. The Hall–Kier alpha value is -1.73. The molecule has 7 heteroatoms. The summed E-state index contributed by atoms with van der Waals surface area (Å²) < 4.78 is 23.6. The van der Waals surface area contributed by atoms with Crippen molar-refractivity contribution in [2.24, 2.45) is 5.92 Å². The average Bonchev–Trinajstić information content (AvgIpc) is 2.97. The lowest BCUT2D eigenvalue weighted by atomic mass is 9.93. The fourth-order valence-corrected chi connectivity index (χ4v) is 4.06. The summed E-state index contributed by atoms with van der Waals surface area (Å²) in [6.45, 7) is 2.87. The van der Waals surface area contributed by atoms with Crippen molar-refractivity contribution in [2.75, 3.05) is 19.3 Å². The molecule has 0 spiro atoms. The highest BCUT2D eigenvalue weighted by Gasteiger charge is 2.24. The number of sulfone groups is 1. The minimum atomic E-state index is -3.22. The molecule has 1 N–H and O–H groups in total. The van der Waals surface area contributed by atoms with Crippen LogP contribution in [0.5, 0.6) is 0 Å². The molecule has 23 heavy (non-hydrogen) atoms. The van der Waals surface area contributed by atoms with Gasteiger partial charge in [-0.3, -0.25) is 15.0 Å². The molecule has 1 saturated heterocycles. The quantitative estimate of drug-likeness (QED) is 0.900.